The molecular weight excluding hydrogens is 230 g/mol. The van der Waals surface area contributed by atoms with E-state index < -0.39 is 0 Å². The zero-order chi connectivity index (χ0) is 12.8. The minimum absolute atomic E-state index is 0.0297. The van der Waals surface area contributed by atoms with Crippen molar-refractivity contribution in [3.63, 3.8) is 0 Å². The van der Waals surface area contributed by atoms with E-state index in [1.807, 2.05) is 0 Å². The number of hydrogen-bond acceptors (Lipinski definition) is 4. The predicted octanol–water partition coefficient (Wildman–Crippen LogP) is 1.73. The molecule has 0 atom stereocenters. The van der Waals surface area contributed by atoms with E-state index in [9.17, 15) is 4.79 Å². The monoisotopic (exact) mass is 255 g/mol. The Balaban J connectivity index is 1.62. The second kappa shape index (κ2) is 7.10. The van der Waals surface area contributed by atoms with Gasteiger partial charge in [-0.1, -0.05) is 0 Å². The van der Waals surface area contributed by atoms with Gasteiger partial charge < -0.3 is 14.8 Å². The van der Waals surface area contributed by atoms with Crippen molar-refractivity contribution in [2.24, 2.45) is 11.8 Å². The van der Waals surface area contributed by atoms with Crippen LogP contribution in [0.2, 0.25) is 0 Å². The Kier molecular flexibility index (Phi) is 5.45. The third-order valence-electron chi connectivity index (χ3n) is 4.30. The molecule has 2 aliphatic rings. The molecule has 1 N–H and O–H groups in total. The van der Waals surface area contributed by atoms with Crippen molar-refractivity contribution in [3.8, 4) is 0 Å². The van der Waals surface area contributed by atoms with E-state index in [1.54, 1.807) is 0 Å². The van der Waals surface area contributed by atoms with E-state index in [0.717, 1.165) is 51.4 Å². The Bertz CT molecular complexity index is 256. The first kappa shape index (κ1) is 13.8. The second-order valence-electron chi connectivity index (χ2n) is 5.54. The fourth-order valence-corrected chi connectivity index (χ4v) is 2.98. The highest BCUT2D eigenvalue weighted by Crippen LogP contribution is 2.25. The molecular formula is C14H25NO3. The Hall–Kier alpha value is -0.610. The number of carbonyl (C=O) groups excluding carboxylic acids is 1. The van der Waals surface area contributed by atoms with Crippen molar-refractivity contribution in [2.75, 3.05) is 26.9 Å². The number of esters is 1. The summed E-state index contributed by atoms with van der Waals surface area (Å²) < 4.78 is 10.2. The lowest BCUT2D eigenvalue weighted by Crippen LogP contribution is -2.38. The summed E-state index contributed by atoms with van der Waals surface area (Å²) in [5.41, 5.74) is 0. The summed E-state index contributed by atoms with van der Waals surface area (Å²) in [4.78, 5) is 11.4. The second-order valence-corrected chi connectivity index (χ2v) is 5.54. The van der Waals surface area contributed by atoms with Gasteiger partial charge in [-0.25, -0.2) is 0 Å². The van der Waals surface area contributed by atoms with Gasteiger partial charge in [0, 0.05) is 19.3 Å². The Labute approximate surface area is 109 Å². The Morgan fingerprint density at radius 2 is 1.83 bits per heavy atom. The van der Waals surface area contributed by atoms with Crippen molar-refractivity contribution in [2.45, 2.75) is 44.6 Å². The van der Waals surface area contributed by atoms with Crippen molar-refractivity contribution in [1.82, 2.24) is 5.32 Å². The molecule has 18 heavy (non-hydrogen) atoms. The summed E-state index contributed by atoms with van der Waals surface area (Å²) in [5, 5.41) is 3.66. The van der Waals surface area contributed by atoms with Crippen LogP contribution in [-0.2, 0) is 14.3 Å². The van der Waals surface area contributed by atoms with Gasteiger partial charge in [-0.05, 0) is 51.0 Å². The average Bonchev–Trinajstić information content (AvgIpc) is 2.46. The summed E-state index contributed by atoms with van der Waals surface area (Å²) >= 11 is 0. The Morgan fingerprint density at radius 3 is 2.44 bits per heavy atom. The molecule has 1 heterocycles. The van der Waals surface area contributed by atoms with Gasteiger partial charge in [0.15, 0.2) is 0 Å². The summed E-state index contributed by atoms with van der Waals surface area (Å²) in [5.74, 6) is 0.881. The molecule has 1 saturated heterocycles. The van der Waals surface area contributed by atoms with Crippen molar-refractivity contribution in [1.29, 1.82) is 0 Å². The van der Waals surface area contributed by atoms with E-state index in [0.29, 0.717) is 6.04 Å². The van der Waals surface area contributed by atoms with Crippen LogP contribution in [0.1, 0.15) is 38.5 Å². The molecule has 1 saturated carbocycles. The maximum Gasteiger partial charge on any atom is 0.308 e. The van der Waals surface area contributed by atoms with Crippen LogP contribution < -0.4 is 5.32 Å². The number of hydrogen-bond donors (Lipinski definition) is 1. The highest BCUT2D eigenvalue weighted by atomic mass is 16.5. The largest absolute Gasteiger partial charge is 0.469 e. The summed E-state index contributed by atoms with van der Waals surface area (Å²) in [6.07, 6.45) is 6.51. The normalized spacial score (nSPS) is 30.1. The lowest BCUT2D eigenvalue weighted by Gasteiger charge is -2.30. The van der Waals surface area contributed by atoms with Gasteiger partial charge in [-0.3, -0.25) is 4.79 Å². The van der Waals surface area contributed by atoms with E-state index in [-0.39, 0.29) is 11.9 Å². The number of ether oxygens (including phenoxy) is 2. The lowest BCUT2D eigenvalue weighted by molar-refractivity contribution is -0.146. The van der Waals surface area contributed by atoms with Crippen LogP contribution in [0.15, 0.2) is 0 Å². The standard InChI is InChI=1S/C14H25NO3/c1-17-14(16)12-2-4-13(5-3-12)15-10-11-6-8-18-9-7-11/h11-13,15H,2-10H2,1H3. The molecule has 0 aromatic rings. The highest BCUT2D eigenvalue weighted by molar-refractivity contribution is 5.72. The molecule has 0 aromatic heterocycles. The van der Waals surface area contributed by atoms with Crippen LogP contribution in [0, 0.1) is 11.8 Å². The number of nitrogens with one attached hydrogen (secondary N) is 1. The van der Waals surface area contributed by atoms with Crippen LogP contribution in [0.5, 0.6) is 0 Å². The SMILES string of the molecule is COC(=O)C1CCC(NCC2CCOCC2)CC1. The molecule has 0 amide bonds. The quantitative estimate of drug-likeness (QED) is 0.777. The third kappa shape index (κ3) is 3.95. The van der Waals surface area contributed by atoms with Crippen LogP contribution in [0.25, 0.3) is 0 Å². The average molecular weight is 255 g/mol. The molecule has 4 heteroatoms. The summed E-state index contributed by atoms with van der Waals surface area (Å²) in [6.45, 7) is 2.94. The fourth-order valence-electron chi connectivity index (χ4n) is 2.98. The number of carbonyl (C=O) groups is 1. The molecule has 2 fully saturated rings. The zero-order valence-corrected chi connectivity index (χ0v) is 11.3. The summed E-state index contributed by atoms with van der Waals surface area (Å²) in [6, 6.07) is 0.591. The van der Waals surface area contributed by atoms with E-state index in [4.69, 9.17) is 9.47 Å². The number of rotatable bonds is 4. The van der Waals surface area contributed by atoms with Crippen LogP contribution in [0.3, 0.4) is 0 Å². The topological polar surface area (TPSA) is 47.6 Å². The van der Waals surface area contributed by atoms with Crippen LogP contribution in [0.4, 0.5) is 0 Å². The summed E-state index contributed by atoms with van der Waals surface area (Å²) in [7, 11) is 1.48. The molecule has 4 nitrogen and oxygen atoms in total. The van der Waals surface area contributed by atoms with E-state index in [1.165, 1.54) is 20.0 Å². The predicted molar refractivity (Wildman–Crippen MR) is 69.3 cm³/mol. The molecule has 0 unspecified atom stereocenters. The van der Waals surface area contributed by atoms with Crippen LogP contribution in [-0.4, -0.2) is 38.9 Å². The zero-order valence-electron chi connectivity index (χ0n) is 11.3. The van der Waals surface area contributed by atoms with Gasteiger partial charge in [-0.2, -0.15) is 0 Å². The molecule has 104 valence electrons. The van der Waals surface area contributed by atoms with Gasteiger partial charge in [0.1, 0.15) is 0 Å². The lowest BCUT2D eigenvalue weighted by atomic mass is 9.85. The van der Waals surface area contributed by atoms with Gasteiger partial charge in [-0.15, -0.1) is 0 Å². The molecule has 0 aromatic carbocycles. The minimum Gasteiger partial charge on any atom is -0.469 e. The van der Waals surface area contributed by atoms with Crippen molar-refractivity contribution < 1.29 is 14.3 Å². The Morgan fingerprint density at radius 1 is 1.17 bits per heavy atom. The first-order valence-electron chi connectivity index (χ1n) is 7.18. The first-order valence-corrected chi connectivity index (χ1v) is 7.18. The van der Waals surface area contributed by atoms with Crippen molar-refractivity contribution in [3.05, 3.63) is 0 Å². The van der Waals surface area contributed by atoms with E-state index in [2.05, 4.69) is 5.32 Å². The number of methoxy groups -OCH3 is 1. The van der Waals surface area contributed by atoms with E-state index >= 15 is 0 Å². The molecule has 0 bridgehead atoms. The van der Waals surface area contributed by atoms with Gasteiger partial charge in [0.05, 0.1) is 13.0 Å². The third-order valence-corrected chi connectivity index (χ3v) is 4.30. The van der Waals surface area contributed by atoms with Gasteiger partial charge in [0.25, 0.3) is 0 Å². The molecule has 0 spiro atoms. The fraction of sp³-hybridized carbons (Fsp3) is 0.929. The molecule has 0 radical (unpaired) electrons. The highest BCUT2D eigenvalue weighted by Gasteiger charge is 2.27. The smallest absolute Gasteiger partial charge is 0.308 e. The van der Waals surface area contributed by atoms with Crippen LogP contribution >= 0.6 is 0 Å². The maximum atomic E-state index is 11.4. The maximum absolute atomic E-state index is 11.4. The molecule has 2 rings (SSSR count). The molecule has 1 aliphatic heterocycles. The van der Waals surface area contributed by atoms with Crippen molar-refractivity contribution >= 4 is 5.97 Å². The van der Waals surface area contributed by atoms with Gasteiger partial charge >= 0.3 is 5.97 Å². The molecule has 1 aliphatic carbocycles. The van der Waals surface area contributed by atoms with Gasteiger partial charge in [0.2, 0.25) is 0 Å². The first-order chi connectivity index (χ1) is 8.79. The minimum atomic E-state index is -0.0297.